The van der Waals surface area contributed by atoms with Crippen molar-refractivity contribution in [1.82, 2.24) is 0 Å². The Bertz CT molecular complexity index is 919. The van der Waals surface area contributed by atoms with Crippen molar-refractivity contribution in [2.24, 2.45) is 0 Å². The number of anilines is 1. The summed E-state index contributed by atoms with van der Waals surface area (Å²) >= 11 is 1.30. The fourth-order valence-corrected chi connectivity index (χ4v) is 3.95. The average Bonchev–Trinajstić information content (AvgIpc) is 3.06. The van der Waals surface area contributed by atoms with Crippen molar-refractivity contribution in [3.63, 3.8) is 0 Å². The van der Waals surface area contributed by atoms with E-state index in [4.69, 9.17) is 9.47 Å². The number of carbonyl (C=O) groups excluding carboxylic acids is 4. The first-order valence-corrected chi connectivity index (χ1v) is 10.5. The molecule has 0 aliphatic rings. The lowest BCUT2D eigenvalue weighted by Crippen LogP contribution is -2.22. The smallest absolute Gasteiger partial charge is 0.341 e. The lowest BCUT2D eigenvalue weighted by molar-refractivity contribution is -0.147. The summed E-state index contributed by atoms with van der Waals surface area (Å²) in [7, 11) is 0. The van der Waals surface area contributed by atoms with Crippen LogP contribution in [0.4, 0.5) is 5.00 Å². The molecule has 0 unspecified atom stereocenters. The Morgan fingerprint density at radius 3 is 2.33 bits per heavy atom. The zero-order valence-electron chi connectivity index (χ0n) is 17.3. The quantitative estimate of drug-likeness (QED) is 0.452. The van der Waals surface area contributed by atoms with Crippen LogP contribution in [-0.4, -0.2) is 36.8 Å². The van der Waals surface area contributed by atoms with Crippen molar-refractivity contribution < 1.29 is 28.7 Å². The van der Waals surface area contributed by atoms with Gasteiger partial charge < -0.3 is 14.8 Å². The minimum Gasteiger partial charge on any atom is -0.462 e. The van der Waals surface area contributed by atoms with Crippen LogP contribution in [0.5, 0.6) is 0 Å². The number of Topliss-reactive ketones (excluding diaryl/α,β-unsaturated/α-hetero) is 1. The molecule has 1 aromatic carbocycles. The zero-order chi connectivity index (χ0) is 22.1. The first-order valence-electron chi connectivity index (χ1n) is 9.70. The molecular weight excluding hydrogens is 406 g/mol. The molecule has 0 radical (unpaired) electrons. The van der Waals surface area contributed by atoms with Gasteiger partial charge in [-0.1, -0.05) is 37.3 Å². The third kappa shape index (κ3) is 6.25. The second kappa shape index (κ2) is 11.3. The van der Waals surface area contributed by atoms with Gasteiger partial charge in [0.05, 0.1) is 18.6 Å². The predicted molar refractivity (Wildman–Crippen MR) is 114 cm³/mol. The molecule has 1 heterocycles. The maximum atomic E-state index is 12.2. The number of hydrogen-bond acceptors (Lipinski definition) is 7. The van der Waals surface area contributed by atoms with E-state index in [1.165, 1.54) is 11.3 Å². The van der Waals surface area contributed by atoms with Gasteiger partial charge in [0.1, 0.15) is 5.00 Å². The van der Waals surface area contributed by atoms with E-state index in [2.05, 4.69) is 5.32 Å². The van der Waals surface area contributed by atoms with Crippen LogP contribution in [0.15, 0.2) is 30.3 Å². The molecule has 0 bridgehead atoms. The summed E-state index contributed by atoms with van der Waals surface area (Å²) in [4.78, 5) is 49.3. The Morgan fingerprint density at radius 2 is 1.70 bits per heavy atom. The molecule has 0 atom stereocenters. The number of thiophene rings is 1. The van der Waals surface area contributed by atoms with E-state index in [1.54, 1.807) is 44.2 Å². The number of nitrogens with one attached hydrogen (secondary N) is 1. The number of amides is 1. The lowest BCUT2D eigenvalue weighted by Gasteiger charge is -2.08. The maximum absolute atomic E-state index is 12.2. The first kappa shape index (κ1) is 23.3. The van der Waals surface area contributed by atoms with Crippen molar-refractivity contribution >= 4 is 40.0 Å². The number of rotatable bonds is 10. The summed E-state index contributed by atoms with van der Waals surface area (Å²) in [5.74, 6) is -1.88. The van der Waals surface area contributed by atoms with Crippen molar-refractivity contribution in [3.8, 4) is 0 Å². The van der Waals surface area contributed by atoms with Crippen LogP contribution in [0.2, 0.25) is 0 Å². The highest BCUT2D eigenvalue weighted by Gasteiger charge is 2.23. The lowest BCUT2D eigenvalue weighted by atomic mass is 10.1. The van der Waals surface area contributed by atoms with Crippen molar-refractivity contribution in [2.75, 3.05) is 18.5 Å². The van der Waals surface area contributed by atoms with Gasteiger partial charge >= 0.3 is 11.9 Å². The van der Waals surface area contributed by atoms with Gasteiger partial charge in [-0.15, -0.1) is 11.3 Å². The van der Waals surface area contributed by atoms with Crippen molar-refractivity contribution in [2.45, 2.75) is 40.0 Å². The monoisotopic (exact) mass is 431 g/mol. The van der Waals surface area contributed by atoms with Gasteiger partial charge in [0.2, 0.25) is 0 Å². The fourth-order valence-electron chi connectivity index (χ4n) is 2.80. The molecule has 1 N–H and O–H groups in total. The molecule has 0 aliphatic heterocycles. The predicted octanol–water partition coefficient (Wildman–Crippen LogP) is 3.94. The molecule has 0 spiro atoms. The van der Waals surface area contributed by atoms with Gasteiger partial charge in [0.25, 0.3) is 5.91 Å². The SMILES string of the molecule is CCOC(=O)c1c(NC(=O)COC(=O)CCC(=O)c2ccccc2)sc(CC)c1C. The fraction of sp³-hybridized carbons (Fsp3) is 0.364. The van der Waals surface area contributed by atoms with Gasteiger partial charge in [0, 0.05) is 16.9 Å². The van der Waals surface area contributed by atoms with Gasteiger partial charge in [-0.05, 0) is 25.8 Å². The number of ketones is 1. The summed E-state index contributed by atoms with van der Waals surface area (Å²) in [6.45, 7) is 5.20. The number of esters is 2. The third-order valence-electron chi connectivity index (χ3n) is 4.32. The molecule has 1 aromatic heterocycles. The van der Waals surface area contributed by atoms with E-state index in [-0.39, 0.29) is 25.2 Å². The molecule has 30 heavy (non-hydrogen) atoms. The molecule has 2 rings (SSSR count). The highest BCUT2D eigenvalue weighted by atomic mass is 32.1. The molecule has 160 valence electrons. The van der Waals surface area contributed by atoms with E-state index in [1.807, 2.05) is 6.92 Å². The first-order chi connectivity index (χ1) is 14.4. The number of aryl methyl sites for hydroxylation is 1. The zero-order valence-corrected chi connectivity index (χ0v) is 18.1. The van der Waals surface area contributed by atoms with Crippen molar-refractivity contribution in [1.29, 1.82) is 0 Å². The summed E-state index contributed by atoms with van der Waals surface area (Å²) < 4.78 is 10.0. The molecule has 1 amide bonds. The van der Waals surface area contributed by atoms with E-state index < -0.39 is 24.5 Å². The Labute approximate surface area is 179 Å². The minimum absolute atomic E-state index is 0.00144. The largest absolute Gasteiger partial charge is 0.462 e. The highest BCUT2D eigenvalue weighted by Crippen LogP contribution is 2.34. The van der Waals surface area contributed by atoms with Gasteiger partial charge in [-0.2, -0.15) is 0 Å². The summed E-state index contributed by atoms with van der Waals surface area (Å²) in [5, 5.41) is 3.00. The molecule has 0 saturated carbocycles. The molecule has 2 aromatic rings. The van der Waals surface area contributed by atoms with E-state index in [0.29, 0.717) is 22.5 Å². The highest BCUT2D eigenvalue weighted by molar-refractivity contribution is 7.17. The normalized spacial score (nSPS) is 10.4. The molecule has 0 aliphatic carbocycles. The minimum atomic E-state index is -0.642. The van der Waals surface area contributed by atoms with Crippen molar-refractivity contribution in [3.05, 3.63) is 51.9 Å². The molecule has 7 nitrogen and oxygen atoms in total. The second-order valence-corrected chi connectivity index (χ2v) is 7.53. The van der Waals surface area contributed by atoms with Crippen LogP contribution < -0.4 is 5.32 Å². The molecule has 0 saturated heterocycles. The van der Waals surface area contributed by atoms with E-state index >= 15 is 0 Å². The van der Waals surface area contributed by atoms with E-state index in [9.17, 15) is 19.2 Å². The van der Waals surface area contributed by atoms with Gasteiger partial charge in [0.15, 0.2) is 12.4 Å². The molecule has 8 heteroatoms. The Morgan fingerprint density at radius 1 is 1.00 bits per heavy atom. The second-order valence-electron chi connectivity index (χ2n) is 6.43. The number of hydrogen-bond donors (Lipinski definition) is 1. The Kier molecular flexibility index (Phi) is 8.73. The van der Waals surface area contributed by atoms with Gasteiger partial charge in [-0.25, -0.2) is 4.79 Å². The van der Waals surface area contributed by atoms with Crippen LogP contribution in [0.25, 0.3) is 0 Å². The van der Waals surface area contributed by atoms with Crippen LogP contribution in [0, 0.1) is 6.92 Å². The van der Waals surface area contributed by atoms with Gasteiger partial charge in [-0.3, -0.25) is 14.4 Å². The van der Waals surface area contributed by atoms with E-state index in [0.717, 1.165) is 10.4 Å². The Hall–Kier alpha value is -3.00. The average molecular weight is 432 g/mol. The van der Waals surface area contributed by atoms with Crippen LogP contribution in [0.1, 0.15) is 57.8 Å². The number of ether oxygens (including phenoxy) is 2. The maximum Gasteiger partial charge on any atom is 0.341 e. The van der Waals surface area contributed by atoms with Crippen LogP contribution >= 0.6 is 11.3 Å². The van der Waals surface area contributed by atoms with Crippen LogP contribution in [-0.2, 0) is 25.5 Å². The standard InChI is InChI=1S/C22H25NO6S/c1-4-17-14(3)20(22(27)28-5-2)21(30-17)23-18(25)13-29-19(26)12-11-16(24)15-9-7-6-8-10-15/h6-10H,4-5,11-13H2,1-3H3,(H,23,25). The molecule has 0 fully saturated rings. The number of benzene rings is 1. The Balaban J connectivity index is 1.89. The summed E-state index contributed by atoms with van der Waals surface area (Å²) in [6, 6.07) is 8.65. The summed E-state index contributed by atoms with van der Waals surface area (Å²) in [5.41, 5.74) is 1.62. The number of carbonyl (C=O) groups is 4. The molecular formula is C22H25NO6S. The topological polar surface area (TPSA) is 98.8 Å². The summed E-state index contributed by atoms with van der Waals surface area (Å²) in [6.07, 6.45) is 0.595. The third-order valence-corrected chi connectivity index (χ3v) is 5.67. The van der Waals surface area contributed by atoms with Crippen LogP contribution in [0.3, 0.4) is 0 Å².